The molecule has 0 fully saturated rings. The van der Waals surface area contributed by atoms with Gasteiger partial charge in [0.25, 0.3) is 0 Å². The minimum Gasteiger partial charge on any atom is -0.508 e. The van der Waals surface area contributed by atoms with Crippen LogP contribution in [0.15, 0.2) is 42.5 Å². The second kappa shape index (κ2) is 5.31. The third kappa shape index (κ3) is 2.85. The van der Waals surface area contributed by atoms with Crippen molar-refractivity contribution >= 4 is 5.69 Å². The van der Waals surface area contributed by atoms with Gasteiger partial charge in [0, 0.05) is 6.07 Å². The van der Waals surface area contributed by atoms with E-state index < -0.39 is 0 Å². The van der Waals surface area contributed by atoms with Crippen molar-refractivity contribution in [2.75, 3.05) is 12.8 Å². The van der Waals surface area contributed by atoms with E-state index in [0.717, 1.165) is 5.56 Å². The summed E-state index contributed by atoms with van der Waals surface area (Å²) in [6.07, 6.45) is 0. The number of ether oxygens (including phenoxy) is 2. The highest BCUT2D eigenvalue weighted by atomic mass is 16.5. The van der Waals surface area contributed by atoms with Crippen molar-refractivity contribution < 1.29 is 14.6 Å². The van der Waals surface area contributed by atoms with Crippen LogP contribution < -0.4 is 15.2 Å². The lowest BCUT2D eigenvalue weighted by molar-refractivity contribution is 0.307. The normalized spacial score (nSPS) is 10.1. The number of anilines is 1. The number of phenolic OH excluding ortho intramolecular Hbond substituents is 1. The summed E-state index contributed by atoms with van der Waals surface area (Å²) < 4.78 is 10.7. The lowest BCUT2D eigenvalue weighted by atomic mass is 10.2. The van der Waals surface area contributed by atoms with Gasteiger partial charge in [0.2, 0.25) is 0 Å². The van der Waals surface area contributed by atoms with Crippen LogP contribution in [0.2, 0.25) is 0 Å². The van der Waals surface area contributed by atoms with Gasteiger partial charge in [-0.05, 0) is 29.8 Å². The van der Waals surface area contributed by atoms with E-state index in [1.54, 1.807) is 49.6 Å². The van der Waals surface area contributed by atoms with Gasteiger partial charge in [-0.15, -0.1) is 0 Å². The maximum absolute atomic E-state index is 9.17. The van der Waals surface area contributed by atoms with Crippen LogP contribution in [0.25, 0.3) is 0 Å². The number of nitrogen functional groups attached to an aromatic ring is 1. The molecule has 4 heteroatoms. The molecule has 0 bridgehead atoms. The Morgan fingerprint density at radius 1 is 1.11 bits per heavy atom. The summed E-state index contributed by atoms with van der Waals surface area (Å²) in [5, 5.41) is 9.17. The summed E-state index contributed by atoms with van der Waals surface area (Å²) in [5.74, 6) is 1.55. The van der Waals surface area contributed by atoms with E-state index in [4.69, 9.17) is 20.3 Å². The molecule has 3 N–H and O–H groups in total. The molecule has 0 unspecified atom stereocenters. The molecular weight excluding hydrogens is 230 g/mol. The van der Waals surface area contributed by atoms with Crippen LogP contribution in [-0.2, 0) is 6.61 Å². The summed E-state index contributed by atoms with van der Waals surface area (Å²) in [6, 6.07) is 12.1. The Kier molecular flexibility index (Phi) is 3.57. The van der Waals surface area contributed by atoms with Gasteiger partial charge in [0.15, 0.2) is 0 Å². The first-order chi connectivity index (χ1) is 8.69. The number of rotatable bonds is 4. The number of hydrogen-bond acceptors (Lipinski definition) is 4. The summed E-state index contributed by atoms with van der Waals surface area (Å²) in [4.78, 5) is 0. The molecule has 0 saturated carbocycles. The molecule has 0 spiro atoms. The summed E-state index contributed by atoms with van der Waals surface area (Å²) >= 11 is 0. The number of hydrogen-bond donors (Lipinski definition) is 2. The molecule has 0 heterocycles. The first kappa shape index (κ1) is 12.1. The molecule has 0 aromatic heterocycles. The first-order valence-corrected chi connectivity index (χ1v) is 5.53. The summed E-state index contributed by atoms with van der Waals surface area (Å²) in [7, 11) is 1.59. The maximum atomic E-state index is 9.17. The molecule has 2 aromatic carbocycles. The molecule has 2 rings (SSSR count). The molecule has 0 atom stereocenters. The summed E-state index contributed by atoms with van der Waals surface area (Å²) in [5.41, 5.74) is 7.34. The number of aromatic hydroxyl groups is 1. The van der Waals surface area contributed by atoms with Gasteiger partial charge in [0.05, 0.1) is 12.8 Å². The van der Waals surface area contributed by atoms with Gasteiger partial charge < -0.3 is 20.3 Å². The van der Waals surface area contributed by atoms with Crippen LogP contribution in [0.1, 0.15) is 5.56 Å². The average molecular weight is 245 g/mol. The van der Waals surface area contributed by atoms with Gasteiger partial charge in [0.1, 0.15) is 23.9 Å². The van der Waals surface area contributed by atoms with Gasteiger partial charge >= 0.3 is 0 Å². The van der Waals surface area contributed by atoms with Gasteiger partial charge in [-0.2, -0.15) is 0 Å². The van der Waals surface area contributed by atoms with Crippen LogP contribution in [0, 0.1) is 0 Å². The Labute approximate surface area is 106 Å². The zero-order chi connectivity index (χ0) is 13.0. The van der Waals surface area contributed by atoms with E-state index in [0.29, 0.717) is 23.8 Å². The third-order valence-corrected chi connectivity index (χ3v) is 2.55. The maximum Gasteiger partial charge on any atom is 0.142 e. The van der Waals surface area contributed by atoms with Crippen LogP contribution >= 0.6 is 0 Å². The largest absolute Gasteiger partial charge is 0.508 e. The van der Waals surface area contributed by atoms with Gasteiger partial charge in [-0.25, -0.2) is 0 Å². The minimum absolute atomic E-state index is 0.239. The van der Waals surface area contributed by atoms with Crippen LogP contribution in [0.5, 0.6) is 17.2 Å². The molecule has 0 amide bonds. The fourth-order valence-corrected chi connectivity index (χ4v) is 1.54. The molecule has 0 aliphatic rings. The van der Waals surface area contributed by atoms with Crippen LogP contribution in [-0.4, -0.2) is 12.2 Å². The monoisotopic (exact) mass is 245 g/mol. The van der Waals surface area contributed by atoms with Crippen molar-refractivity contribution in [3.8, 4) is 17.2 Å². The highest BCUT2D eigenvalue weighted by Gasteiger charge is 2.03. The highest BCUT2D eigenvalue weighted by molar-refractivity contribution is 5.56. The van der Waals surface area contributed by atoms with Crippen molar-refractivity contribution in [3.05, 3.63) is 48.0 Å². The molecule has 0 saturated heterocycles. The van der Waals surface area contributed by atoms with E-state index in [2.05, 4.69) is 0 Å². The van der Waals surface area contributed by atoms with Gasteiger partial charge in [-0.3, -0.25) is 0 Å². The van der Waals surface area contributed by atoms with Crippen molar-refractivity contribution in [1.29, 1.82) is 0 Å². The molecule has 4 nitrogen and oxygen atoms in total. The Bertz CT molecular complexity index is 523. The fraction of sp³-hybridized carbons (Fsp3) is 0.143. The number of methoxy groups -OCH3 is 1. The quantitative estimate of drug-likeness (QED) is 0.812. The Morgan fingerprint density at radius 3 is 2.44 bits per heavy atom. The van der Waals surface area contributed by atoms with E-state index >= 15 is 0 Å². The number of benzene rings is 2. The fourth-order valence-electron chi connectivity index (χ4n) is 1.54. The second-order valence-corrected chi connectivity index (χ2v) is 3.86. The topological polar surface area (TPSA) is 64.7 Å². The molecule has 0 aliphatic heterocycles. The number of nitrogens with two attached hydrogens (primary N) is 1. The average Bonchev–Trinajstić information content (AvgIpc) is 2.39. The molecule has 18 heavy (non-hydrogen) atoms. The first-order valence-electron chi connectivity index (χ1n) is 5.53. The molecule has 2 aromatic rings. The predicted octanol–water partition coefficient (Wildman–Crippen LogP) is 2.56. The van der Waals surface area contributed by atoms with Crippen LogP contribution in [0.4, 0.5) is 5.69 Å². The Hall–Kier alpha value is -2.36. The molecule has 0 aliphatic carbocycles. The lowest BCUT2D eigenvalue weighted by Crippen LogP contribution is -1.99. The van der Waals surface area contributed by atoms with Crippen molar-refractivity contribution in [2.45, 2.75) is 6.61 Å². The van der Waals surface area contributed by atoms with Crippen molar-refractivity contribution in [2.24, 2.45) is 0 Å². The molecular formula is C14H15NO3. The molecule has 94 valence electrons. The summed E-state index contributed by atoms with van der Waals surface area (Å²) in [6.45, 7) is 0.400. The highest BCUT2D eigenvalue weighted by Crippen LogP contribution is 2.27. The third-order valence-electron chi connectivity index (χ3n) is 2.55. The van der Waals surface area contributed by atoms with Crippen LogP contribution in [0.3, 0.4) is 0 Å². The zero-order valence-electron chi connectivity index (χ0n) is 10.1. The van der Waals surface area contributed by atoms with E-state index in [-0.39, 0.29) is 5.75 Å². The smallest absolute Gasteiger partial charge is 0.142 e. The minimum atomic E-state index is 0.239. The number of phenols is 1. The van der Waals surface area contributed by atoms with E-state index in [1.165, 1.54) is 0 Å². The van der Waals surface area contributed by atoms with E-state index in [9.17, 15) is 0 Å². The van der Waals surface area contributed by atoms with Crippen molar-refractivity contribution in [3.63, 3.8) is 0 Å². The standard InChI is InChI=1S/C14H15NO3/c1-17-12-6-7-14(13(15)8-12)18-9-10-2-4-11(16)5-3-10/h2-8,16H,9,15H2,1H3. The van der Waals surface area contributed by atoms with Gasteiger partial charge in [-0.1, -0.05) is 12.1 Å². The predicted molar refractivity (Wildman–Crippen MR) is 69.8 cm³/mol. The lowest BCUT2D eigenvalue weighted by Gasteiger charge is -2.10. The second-order valence-electron chi connectivity index (χ2n) is 3.86. The zero-order valence-corrected chi connectivity index (χ0v) is 10.1. The van der Waals surface area contributed by atoms with E-state index in [1.807, 2.05) is 0 Å². The molecule has 0 radical (unpaired) electrons. The van der Waals surface area contributed by atoms with Crippen molar-refractivity contribution in [1.82, 2.24) is 0 Å². The Morgan fingerprint density at radius 2 is 1.83 bits per heavy atom. The SMILES string of the molecule is COc1ccc(OCc2ccc(O)cc2)c(N)c1. The Balaban J connectivity index is 2.04.